The summed E-state index contributed by atoms with van der Waals surface area (Å²) in [6.45, 7) is 4.00. The van der Waals surface area contributed by atoms with Crippen LogP contribution in [0.5, 0.6) is 0 Å². The van der Waals surface area contributed by atoms with Gasteiger partial charge in [-0.15, -0.1) is 0 Å². The van der Waals surface area contributed by atoms with Crippen molar-refractivity contribution in [3.05, 3.63) is 0 Å². The molecule has 164 valence electrons. The van der Waals surface area contributed by atoms with Gasteiger partial charge in [0.2, 0.25) is 32.1 Å². The van der Waals surface area contributed by atoms with Gasteiger partial charge in [-0.2, -0.15) is 0 Å². The average molecular weight is 396 g/mol. The van der Waals surface area contributed by atoms with Crippen LogP contribution in [-0.4, -0.2) is 127 Å². The zero-order valence-electron chi connectivity index (χ0n) is 19.2. The summed E-state index contributed by atoms with van der Waals surface area (Å²) in [5.74, 6) is 0. The molecule has 0 spiro atoms. The zero-order valence-corrected chi connectivity index (χ0v) is 19.2. The molecule has 10 heteroatoms. The van der Waals surface area contributed by atoms with Crippen LogP contribution in [0.15, 0.2) is 0 Å². The van der Waals surface area contributed by atoms with Gasteiger partial charge in [-0.05, 0) is 0 Å². The molecule has 0 aliphatic heterocycles. The summed E-state index contributed by atoms with van der Waals surface area (Å²) >= 11 is 0. The second-order valence-corrected chi connectivity index (χ2v) is 5.35. The van der Waals surface area contributed by atoms with Gasteiger partial charge in [0.05, 0.1) is 0 Å². The first-order chi connectivity index (χ1) is 12.4. The van der Waals surface area contributed by atoms with Crippen molar-refractivity contribution in [3.63, 3.8) is 0 Å². The number of rotatable bonds is 5. The SMILES string of the molecule is CC.CN(C)C=O.CN(C)C=O.CN(C)C=O.CN(C)C=O.CN(C)C=O. The van der Waals surface area contributed by atoms with Crippen LogP contribution in [0.2, 0.25) is 0 Å². The van der Waals surface area contributed by atoms with E-state index in [9.17, 15) is 24.0 Å². The Labute approximate surface area is 165 Å². The van der Waals surface area contributed by atoms with Gasteiger partial charge in [-0.1, -0.05) is 13.8 Å². The van der Waals surface area contributed by atoms with Crippen LogP contribution in [0, 0.1) is 0 Å². The van der Waals surface area contributed by atoms with Crippen LogP contribution < -0.4 is 0 Å². The molecule has 5 amide bonds. The zero-order chi connectivity index (χ0) is 23.4. The normalized spacial score (nSPS) is 6.52. The number of amides is 5. The quantitative estimate of drug-likeness (QED) is 0.587. The number of nitrogens with zero attached hydrogens (tertiary/aromatic N) is 5. The monoisotopic (exact) mass is 395 g/mol. The lowest BCUT2D eigenvalue weighted by molar-refractivity contribution is -0.116. The van der Waals surface area contributed by atoms with Crippen molar-refractivity contribution in [1.82, 2.24) is 24.5 Å². The summed E-state index contributed by atoms with van der Waals surface area (Å²) in [6, 6.07) is 0. The minimum atomic E-state index is 0.750. The maximum absolute atomic E-state index is 9.43. The summed E-state index contributed by atoms with van der Waals surface area (Å²) in [5.41, 5.74) is 0. The molecule has 0 saturated heterocycles. The van der Waals surface area contributed by atoms with Crippen LogP contribution >= 0.6 is 0 Å². The molecule has 0 atom stereocenters. The standard InChI is InChI=1S/5C3H7NO.C2H6/c5*1-4(2)3-5;1-2/h5*3H,1-2H3;1-2H3. The molecule has 0 aliphatic carbocycles. The predicted octanol–water partition coefficient (Wildman–Crippen LogP) is -0.452. The Balaban J connectivity index is -0.0000000498. The summed E-state index contributed by atoms with van der Waals surface area (Å²) in [6.07, 6.45) is 3.75. The smallest absolute Gasteiger partial charge is 0.209 e. The van der Waals surface area contributed by atoms with Gasteiger partial charge in [0.15, 0.2) is 0 Å². The fourth-order valence-electron chi connectivity index (χ4n) is 0. The minimum Gasteiger partial charge on any atom is -0.351 e. The molecule has 0 aromatic rings. The molecule has 0 heterocycles. The van der Waals surface area contributed by atoms with Crippen LogP contribution in [0.3, 0.4) is 0 Å². The molecule has 0 aromatic carbocycles. The highest BCUT2D eigenvalue weighted by molar-refractivity contribution is 5.46. The van der Waals surface area contributed by atoms with E-state index in [0.29, 0.717) is 0 Å². The lowest BCUT2D eigenvalue weighted by atomic mass is 11.0. The van der Waals surface area contributed by atoms with Crippen molar-refractivity contribution in [2.45, 2.75) is 13.8 Å². The lowest BCUT2D eigenvalue weighted by Gasteiger charge is -1.93. The largest absolute Gasteiger partial charge is 0.351 e. The van der Waals surface area contributed by atoms with Crippen LogP contribution in [-0.2, 0) is 24.0 Å². The Kier molecular flexibility index (Phi) is 56.6. The van der Waals surface area contributed by atoms with Crippen molar-refractivity contribution in [2.75, 3.05) is 70.5 Å². The first kappa shape index (κ1) is 39.4. The molecule has 0 bridgehead atoms. The molecule has 0 aromatic heterocycles. The van der Waals surface area contributed by atoms with Gasteiger partial charge < -0.3 is 24.5 Å². The van der Waals surface area contributed by atoms with E-state index in [4.69, 9.17) is 0 Å². The number of carbonyl (C=O) groups is 5. The van der Waals surface area contributed by atoms with Crippen molar-refractivity contribution < 1.29 is 24.0 Å². The molecule has 0 radical (unpaired) electrons. The van der Waals surface area contributed by atoms with Crippen LogP contribution in [0.1, 0.15) is 13.8 Å². The van der Waals surface area contributed by atoms with Gasteiger partial charge in [0.25, 0.3) is 0 Å². The van der Waals surface area contributed by atoms with E-state index in [1.54, 1.807) is 70.5 Å². The third-order valence-electron chi connectivity index (χ3n) is 1.05. The molecule has 0 saturated carbocycles. The summed E-state index contributed by atoms with van der Waals surface area (Å²) in [7, 11) is 16.9. The van der Waals surface area contributed by atoms with Crippen molar-refractivity contribution in [3.8, 4) is 0 Å². The Bertz CT molecular complexity index is 240. The van der Waals surface area contributed by atoms with E-state index in [-0.39, 0.29) is 0 Å². The molecular weight excluding hydrogens is 354 g/mol. The number of hydrogen-bond acceptors (Lipinski definition) is 5. The highest BCUT2D eigenvalue weighted by Gasteiger charge is 1.69. The van der Waals surface area contributed by atoms with Crippen molar-refractivity contribution in [2.24, 2.45) is 0 Å². The van der Waals surface area contributed by atoms with E-state index in [1.807, 2.05) is 13.8 Å². The first-order valence-electron chi connectivity index (χ1n) is 7.94. The summed E-state index contributed by atoms with van der Waals surface area (Å²) in [4.78, 5) is 54.4. The summed E-state index contributed by atoms with van der Waals surface area (Å²) < 4.78 is 0. The fraction of sp³-hybridized carbons (Fsp3) is 0.706. The van der Waals surface area contributed by atoms with Gasteiger partial charge in [-0.25, -0.2) is 0 Å². The van der Waals surface area contributed by atoms with E-state index in [1.165, 1.54) is 24.5 Å². The fourth-order valence-corrected chi connectivity index (χ4v) is 0. The predicted molar refractivity (Wildman–Crippen MR) is 110 cm³/mol. The van der Waals surface area contributed by atoms with E-state index in [0.717, 1.165) is 32.1 Å². The minimum absolute atomic E-state index is 0.750. The molecule has 27 heavy (non-hydrogen) atoms. The topological polar surface area (TPSA) is 102 Å². The molecule has 0 aliphatic rings. The van der Waals surface area contributed by atoms with Crippen LogP contribution in [0.25, 0.3) is 0 Å². The maximum atomic E-state index is 9.43. The number of carbonyl (C=O) groups excluding carboxylic acids is 5. The summed E-state index contributed by atoms with van der Waals surface area (Å²) in [5, 5.41) is 0. The second-order valence-electron chi connectivity index (χ2n) is 5.35. The van der Waals surface area contributed by atoms with Gasteiger partial charge in [-0.3, -0.25) is 24.0 Å². The second kappa shape index (κ2) is 38.7. The Morgan fingerprint density at radius 2 is 0.370 bits per heavy atom. The van der Waals surface area contributed by atoms with Crippen LogP contribution in [0.4, 0.5) is 0 Å². The molecule has 0 rings (SSSR count). The third kappa shape index (κ3) is 197. The maximum Gasteiger partial charge on any atom is 0.209 e. The highest BCUT2D eigenvalue weighted by Crippen LogP contribution is 1.53. The third-order valence-corrected chi connectivity index (χ3v) is 1.05. The molecule has 0 unspecified atom stereocenters. The van der Waals surface area contributed by atoms with E-state index in [2.05, 4.69) is 0 Å². The molecule has 0 N–H and O–H groups in total. The molecular formula is C17H41N5O5. The average Bonchev–Trinajstić information content (AvgIpc) is 2.64. The Morgan fingerprint density at radius 3 is 0.370 bits per heavy atom. The van der Waals surface area contributed by atoms with Gasteiger partial charge >= 0.3 is 0 Å². The Hall–Kier alpha value is -2.65. The first-order valence-corrected chi connectivity index (χ1v) is 7.94. The number of hydrogen-bond donors (Lipinski definition) is 0. The van der Waals surface area contributed by atoms with E-state index < -0.39 is 0 Å². The lowest BCUT2D eigenvalue weighted by Crippen LogP contribution is -2.06. The van der Waals surface area contributed by atoms with Crippen molar-refractivity contribution >= 4 is 32.1 Å². The Morgan fingerprint density at radius 1 is 0.333 bits per heavy atom. The van der Waals surface area contributed by atoms with Gasteiger partial charge in [0.1, 0.15) is 0 Å². The molecule has 0 fully saturated rings. The van der Waals surface area contributed by atoms with E-state index >= 15 is 0 Å². The van der Waals surface area contributed by atoms with Gasteiger partial charge in [0, 0.05) is 70.5 Å². The highest BCUT2D eigenvalue weighted by atomic mass is 16.1. The molecule has 10 nitrogen and oxygen atoms in total. The van der Waals surface area contributed by atoms with Crippen molar-refractivity contribution in [1.29, 1.82) is 0 Å².